The van der Waals surface area contributed by atoms with Crippen molar-refractivity contribution in [2.75, 3.05) is 0 Å². The number of rotatable bonds is 6. The molecular formula is C26H22N2O2. The summed E-state index contributed by atoms with van der Waals surface area (Å²) >= 11 is 0. The fourth-order valence-corrected chi connectivity index (χ4v) is 3.43. The Labute approximate surface area is 175 Å². The maximum absolute atomic E-state index is 13.0. The highest BCUT2D eigenvalue weighted by Gasteiger charge is 2.25. The number of carbonyl (C=O) groups is 1. The molecule has 0 radical (unpaired) electrons. The zero-order valence-corrected chi connectivity index (χ0v) is 16.3. The molecule has 0 aliphatic heterocycles. The summed E-state index contributed by atoms with van der Waals surface area (Å²) in [5, 5.41) is 14.0. The van der Waals surface area contributed by atoms with Crippen LogP contribution in [0, 0.1) is 0 Å². The minimum absolute atomic E-state index is 0.236. The third-order valence-electron chi connectivity index (χ3n) is 5.06. The van der Waals surface area contributed by atoms with Gasteiger partial charge in [-0.3, -0.25) is 9.78 Å². The lowest BCUT2D eigenvalue weighted by Gasteiger charge is -2.25. The van der Waals surface area contributed by atoms with Gasteiger partial charge >= 0.3 is 0 Å². The first-order valence-electron chi connectivity index (χ1n) is 9.81. The number of pyridine rings is 1. The molecular weight excluding hydrogens is 372 g/mol. The molecule has 148 valence electrons. The Balaban J connectivity index is 1.57. The average molecular weight is 394 g/mol. The molecule has 4 aromatic rings. The molecule has 0 spiro atoms. The van der Waals surface area contributed by atoms with Crippen LogP contribution in [0.15, 0.2) is 109 Å². The zero-order valence-electron chi connectivity index (χ0n) is 16.3. The van der Waals surface area contributed by atoms with Crippen molar-refractivity contribution in [1.82, 2.24) is 10.3 Å². The molecule has 0 saturated heterocycles. The Morgan fingerprint density at radius 3 is 1.83 bits per heavy atom. The Morgan fingerprint density at radius 2 is 1.23 bits per heavy atom. The number of hydrogen-bond donors (Lipinski definition) is 2. The molecule has 0 bridgehead atoms. The van der Waals surface area contributed by atoms with Crippen molar-refractivity contribution in [3.8, 4) is 11.1 Å². The summed E-state index contributed by atoms with van der Waals surface area (Å²) in [6.07, 6.45) is 2.62. The van der Waals surface area contributed by atoms with Gasteiger partial charge in [0.2, 0.25) is 0 Å². The van der Waals surface area contributed by atoms with E-state index in [1.807, 2.05) is 84.9 Å². The monoisotopic (exact) mass is 394 g/mol. The standard InChI is InChI=1S/C26H22N2O2/c29-25(22-9-5-2-6-10-22)24(21-7-3-1-4-8-21)28-26(30)23-13-11-19(12-14-23)20-15-17-27-18-16-20/h1-18,24-25,29H,(H,28,30)/t24-,25-/m0/s1. The van der Waals surface area contributed by atoms with E-state index in [1.165, 1.54) is 0 Å². The molecule has 2 atom stereocenters. The van der Waals surface area contributed by atoms with Crippen LogP contribution in [0.1, 0.15) is 33.6 Å². The molecule has 3 aromatic carbocycles. The van der Waals surface area contributed by atoms with Crippen LogP contribution in [0.5, 0.6) is 0 Å². The van der Waals surface area contributed by atoms with Gasteiger partial charge in [-0.25, -0.2) is 0 Å². The summed E-state index contributed by atoms with van der Waals surface area (Å²) in [6, 6.07) is 29.6. The normalized spacial score (nSPS) is 12.7. The Morgan fingerprint density at radius 1 is 0.700 bits per heavy atom. The van der Waals surface area contributed by atoms with E-state index in [1.54, 1.807) is 24.5 Å². The largest absolute Gasteiger partial charge is 0.386 e. The number of aromatic nitrogens is 1. The second-order valence-electron chi connectivity index (χ2n) is 7.03. The maximum Gasteiger partial charge on any atom is 0.251 e. The van der Waals surface area contributed by atoms with Crippen LogP contribution in [-0.2, 0) is 0 Å². The average Bonchev–Trinajstić information content (AvgIpc) is 2.84. The van der Waals surface area contributed by atoms with Gasteiger partial charge in [0, 0.05) is 18.0 Å². The summed E-state index contributed by atoms with van der Waals surface area (Å²) < 4.78 is 0. The fourth-order valence-electron chi connectivity index (χ4n) is 3.43. The minimum atomic E-state index is -0.867. The summed E-state index contributed by atoms with van der Waals surface area (Å²) in [4.78, 5) is 17.0. The third kappa shape index (κ3) is 4.45. The van der Waals surface area contributed by atoms with Crippen LogP contribution in [0.2, 0.25) is 0 Å². The zero-order chi connectivity index (χ0) is 20.8. The Kier molecular flexibility index (Phi) is 5.97. The van der Waals surface area contributed by atoms with Crippen molar-refractivity contribution < 1.29 is 9.90 Å². The highest BCUT2D eigenvalue weighted by Crippen LogP contribution is 2.29. The summed E-state index contributed by atoms with van der Waals surface area (Å²) in [6.45, 7) is 0. The van der Waals surface area contributed by atoms with E-state index in [0.29, 0.717) is 5.56 Å². The molecule has 1 aromatic heterocycles. The number of carbonyl (C=O) groups excluding carboxylic acids is 1. The second kappa shape index (κ2) is 9.16. The van der Waals surface area contributed by atoms with Crippen molar-refractivity contribution in [2.45, 2.75) is 12.1 Å². The molecule has 0 saturated carbocycles. The number of nitrogens with zero attached hydrogens (tertiary/aromatic N) is 1. The lowest BCUT2D eigenvalue weighted by molar-refractivity contribution is 0.0831. The van der Waals surface area contributed by atoms with E-state index < -0.39 is 12.1 Å². The topological polar surface area (TPSA) is 62.2 Å². The number of aliphatic hydroxyl groups excluding tert-OH is 1. The lowest BCUT2D eigenvalue weighted by Crippen LogP contribution is -2.32. The summed E-state index contributed by atoms with van der Waals surface area (Å²) in [5.41, 5.74) is 4.18. The number of hydrogen-bond acceptors (Lipinski definition) is 3. The first-order valence-corrected chi connectivity index (χ1v) is 9.81. The van der Waals surface area contributed by atoms with Gasteiger partial charge < -0.3 is 10.4 Å². The number of benzene rings is 3. The number of amides is 1. The molecule has 2 N–H and O–H groups in total. The van der Waals surface area contributed by atoms with Gasteiger partial charge in [-0.2, -0.15) is 0 Å². The molecule has 0 unspecified atom stereocenters. The van der Waals surface area contributed by atoms with Crippen molar-refractivity contribution in [3.05, 3.63) is 126 Å². The van der Waals surface area contributed by atoms with Gasteiger partial charge in [0.25, 0.3) is 5.91 Å². The molecule has 0 aliphatic rings. The Hall–Kier alpha value is -3.76. The second-order valence-corrected chi connectivity index (χ2v) is 7.03. The molecule has 0 fully saturated rings. The van der Waals surface area contributed by atoms with E-state index in [2.05, 4.69) is 10.3 Å². The van der Waals surface area contributed by atoms with Crippen LogP contribution >= 0.6 is 0 Å². The molecule has 4 nitrogen and oxygen atoms in total. The van der Waals surface area contributed by atoms with Crippen molar-refractivity contribution in [2.24, 2.45) is 0 Å². The smallest absolute Gasteiger partial charge is 0.251 e. The van der Waals surface area contributed by atoms with Gasteiger partial charge in [-0.15, -0.1) is 0 Å². The quantitative estimate of drug-likeness (QED) is 0.486. The maximum atomic E-state index is 13.0. The van der Waals surface area contributed by atoms with E-state index in [0.717, 1.165) is 22.3 Å². The summed E-state index contributed by atoms with van der Waals surface area (Å²) in [7, 11) is 0. The SMILES string of the molecule is O=C(N[C@@H](c1ccccc1)[C@@H](O)c1ccccc1)c1ccc(-c2ccncc2)cc1. The van der Waals surface area contributed by atoms with Crippen molar-refractivity contribution in [3.63, 3.8) is 0 Å². The van der Waals surface area contributed by atoms with Crippen molar-refractivity contribution >= 4 is 5.91 Å². The van der Waals surface area contributed by atoms with Crippen LogP contribution in [-0.4, -0.2) is 16.0 Å². The minimum Gasteiger partial charge on any atom is -0.386 e. The highest BCUT2D eigenvalue weighted by atomic mass is 16.3. The fraction of sp³-hybridized carbons (Fsp3) is 0.0769. The predicted molar refractivity (Wildman–Crippen MR) is 118 cm³/mol. The molecule has 1 heterocycles. The summed E-state index contributed by atoms with van der Waals surface area (Å²) in [5.74, 6) is -0.236. The van der Waals surface area contributed by atoms with Crippen LogP contribution in [0.25, 0.3) is 11.1 Å². The van der Waals surface area contributed by atoms with Crippen LogP contribution in [0.3, 0.4) is 0 Å². The molecule has 30 heavy (non-hydrogen) atoms. The first kappa shape index (κ1) is 19.6. The number of nitrogens with one attached hydrogen (secondary N) is 1. The predicted octanol–water partition coefficient (Wildman–Crippen LogP) is 4.95. The molecule has 1 amide bonds. The molecule has 4 rings (SSSR count). The van der Waals surface area contributed by atoms with Gasteiger partial charge in [0.05, 0.1) is 6.04 Å². The van der Waals surface area contributed by atoms with Crippen LogP contribution < -0.4 is 5.32 Å². The Bertz CT molecular complexity index is 1080. The lowest BCUT2D eigenvalue weighted by atomic mass is 9.95. The van der Waals surface area contributed by atoms with Gasteiger partial charge in [-0.1, -0.05) is 72.8 Å². The third-order valence-corrected chi connectivity index (χ3v) is 5.06. The van der Waals surface area contributed by atoms with E-state index in [4.69, 9.17) is 0 Å². The number of aliphatic hydroxyl groups is 1. The van der Waals surface area contributed by atoms with E-state index >= 15 is 0 Å². The van der Waals surface area contributed by atoms with E-state index in [9.17, 15) is 9.90 Å². The van der Waals surface area contributed by atoms with Crippen molar-refractivity contribution in [1.29, 1.82) is 0 Å². The highest BCUT2D eigenvalue weighted by molar-refractivity contribution is 5.95. The van der Waals surface area contributed by atoms with Gasteiger partial charge in [0.1, 0.15) is 6.10 Å². The molecule has 4 heteroatoms. The molecule has 0 aliphatic carbocycles. The van der Waals surface area contributed by atoms with Crippen LogP contribution in [0.4, 0.5) is 0 Å². The van der Waals surface area contributed by atoms with Gasteiger partial charge in [-0.05, 0) is 46.5 Å². The van der Waals surface area contributed by atoms with E-state index in [-0.39, 0.29) is 5.91 Å². The van der Waals surface area contributed by atoms with Gasteiger partial charge in [0.15, 0.2) is 0 Å². The first-order chi connectivity index (χ1) is 14.7.